The summed E-state index contributed by atoms with van der Waals surface area (Å²) in [6.45, 7) is 6.68. The van der Waals surface area contributed by atoms with Crippen molar-refractivity contribution >= 4 is 46.8 Å². The molecule has 7 heteroatoms. The Morgan fingerprint density at radius 1 is 0.388 bits per heavy atom. The summed E-state index contributed by atoms with van der Waals surface area (Å²) in [5.41, 5.74) is 0. The molecule has 0 fully saturated rings. The fraction of sp³-hybridized carbons (Fsp3) is 0.786. The van der Waals surface area contributed by atoms with Gasteiger partial charge in [-0.05, 0) is 19.3 Å². The van der Waals surface area contributed by atoms with Gasteiger partial charge in [-0.3, -0.25) is 14.4 Å². The van der Waals surface area contributed by atoms with Crippen LogP contribution in [0.1, 0.15) is 213 Å². The van der Waals surface area contributed by atoms with Gasteiger partial charge in [0.2, 0.25) is 0 Å². The van der Waals surface area contributed by atoms with E-state index in [1.165, 1.54) is 164 Å². The van der Waals surface area contributed by atoms with Crippen molar-refractivity contribution < 1.29 is 29.7 Å². The van der Waals surface area contributed by atoms with Crippen LogP contribution in [0.2, 0.25) is 0 Å². The van der Waals surface area contributed by atoms with Crippen molar-refractivity contribution in [2.45, 2.75) is 213 Å². The zero-order valence-corrected chi connectivity index (χ0v) is 36.1. The zero-order valence-electron chi connectivity index (χ0n) is 32.2. The van der Waals surface area contributed by atoms with Crippen molar-refractivity contribution in [1.82, 2.24) is 0 Å². The first-order valence-corrected chi connectivity index (χ1v) is 22.1. The third kappa shape index (κ3) is 59.1. The number of carboxylic acids is 3. The van der Waals surface area contributed by atoms with E-state index in [9.17, 15) is 14.4 Å². The Hall–Kier alpha value is -1.45. The molecule has 1 rings (SSSR count). The van der Waals surface area contributed by atoms with Gasteiger partial charge in [-0.25, -0.2) is 0 Å². The number of aliphatic carboxylic acids is 3. The molecule has 0 bridgehead atoms. The third-order valence-electron chi connectivity index (χ3n) is 8.26. The predicted octanol–water partition coefficient (Wildman–Crippen LogP) is 12.5. The van der Waals surface area contributed by atoms with E-state index in [0.29, 0.717) is 19.3 Å². The van der Waals surface area contributed by atoms with Gasteiger partial charge in [0, 0.05) is 19.3 Å². The topological polar surface area (TPSA) is 112 Å². The summed E-state index contributed by atoms with van der Waals surface area (Å²) >= 11 is 1.17. The quantitative estimate of drug-likeness (QED) is 0.0524. The van der Waals surface area contributed by atoms with Crippen LogP contribution in [-0.2, 0) is 14.4 Å². The van der Waals surface area contributed by atoms with Crippen molar-refractivity contribution in [1.29, 1.82) is 0 Å². The number of benzene rings is 1. The minimum absolute atomic E-state index is 0.343. The van der Waals surface area contributed by atoms with Crippen LogP contribution >= 0.6 is 0 Å². The predicted molar refractivity (Wildman–Crippen MR) is 210 cm³/mol. The fourth-order valence-electron chi connectivity index (χ4n) is 5.20. The Morgan fingerprint density at radius 3 is 0.755 bits per heavy atom. The Labute approximate surface area is 318 Å². The van der Waals surface area contributed by atoms with E-state index >= 15 is 0 Å². The fourth-order valence-corrected chi connectivity index (χ4v) is 5.95. The second kappa shape index (κ2) is 46.6. The van der Waals surface area contributed by atoms with Crippen molar-refractivity contribution in [3.8, 4) is 0 Å². The van der Waals surface area contributed by atoms with E-state index in [-0.39, 0.29) is 0 Å². The number of hydrogen-bond donors (Lipinski definition) is 3. The molecule has 0 aromatic heterocycles. The van der Waals surface area contributed by atoms with Crippen LogP contribution in [-0.4, -0.2) is 59.0 Å². The Balaban J connectivity index is -0.000000589. The Morgan fingerprint density at radius 2 is 0.592 bits per heavy atom. The van der Waals surface area contributed by atoms with Crippen LogP contribution in [0.4, 0.5) is 0 Å². The summed E-state index contributed by atoms with van der Waals surface area (Å²) in [6, 6.07) is 10.5. The van der Waals surface area contributed by atoms with E-state index in [1.54, 1.807) is 0 Å². The summed E-state index contributed by atoms with van der Waals surface area (Å²) in [7, 11) is 0. The maximum atomic E-state index is 10.2. The average molecular weight is 885 g/mol. The summed E-state index contributed by atoms with van der Waals surface area (Å²) < 4.78 is 1.46. The molecule has 6 nitrogen and oxygen atoms in total. The van der Waals surface area contributed by atoms with Crippen LogP contribution in [0.5, 0.6) is 0 Å². The number of unbranched alkanes of at least 4 members (excludes halogenated alkanes) is 24. The van der Waals surface area contributed by atoms with E-state index in [4.69, 9.17) is 15.3 Å². The molecule has 0 amide bonds. The molecule has 0 aliphatic carbocycles. The first kappa shape index (κ1) is 51.9. The SMILES string of the molecule is CCCCCCCCCCCC(=O)O.CCCCCCCCCCCC(=O)O.CCCCCCCCCCCC(=O)O.[Pb][c]1ccccc1. The molecule has 0 unspecified atom stereocenters. The average Bonchev–Trinajstić information content (AvgIpc) is 3.07. The minimum atomic E-state index is -0.659. The molecule has 0 spiro atoms. The molecule has 285 valence electrons. The monoisotopic (exact) mass is 886 g/mol. The molecule has 0 aliphatic rings. The van der Waals surface area contributed by atoms with Gasteiger partial charge in [-0.1, -0.05) is 175 Å². The van der Waals surface area contributed by atoms with Gasteiger partial charge in [0.15, 0.2) is 0 Å². The van der Waals surface area contributed by atoms with Crippen LogP contribution in [0.15, 0.2) is 30.3 Å². The Bertz CT molecular complexity index is 726. The molecule has 49 heavy (non-hydrogen) atoms. The van der Waals surface area contributed by atoms with Crippen LogP contribution < -0.4 is 3.12 Å². The number of carboxylic acid groups (broad SMARTS) is 3. The van der Waals surface area contributed by atoms with Crippen molar-refractivity contribution in [3.05, 3.63) is 30.3 Å². The Kier molecular flexibility index (Phi) is 49.3. The van der Waals surface area contributed by atoms with Crippen molar-refractivity contribution in [2.24, 2.45) is 0 Å². The van der Waals surface area contributed by atoms with E-state index in [0.717, 1.165) is 38.5 Å². The van der Waals surface area contributed by atoms with Gasteiger partial charge in [-0.2, -0.15) is 0 Å². The summed E-state index contributed by atoms with van der Waals surface area (Å²) in [5.74, 6) is -1.98. The first-order valence-electron chi connectivity index (χ1n) is 20.1. The molecule has 0 atom stereocenters. The van der Waals surface area contributed by atoms with Crippen molar-refractivity contribution in [3.63, 3.8) is 0 Å². The summed E-state index contributed by atoms with van der Waals surface area (Å²) in [5, 5.41) is 25.2. The van der Waals surface area contributed by atoms with Crippen LogP contribution in [0.3, 0.4) is 0 Å². The molecule has 0 saturated carbocycles. The molecule has 1 aromatic rings. The number of hydrogen-bond acceptors (Lipinski definition) is 3. The van der Waals surface area contributed by atoms with Gasteiger partial charge in [0.25, 0.3) is 0 Å². The summed E-state index contributed by atoms with van der Waals surface area (Å²) in [6.07, 6.45) is 34.4. The van der Waals surface area contributed by atoms with Gasteiger partial charge in [-0.15, -0.1) is 0 Å². The van der Waals surface area contributed by atoms with Crippen molar-refractivity contribution in [2.75, 3.05) is 0 Å². The number of rotatable bonds is 30. The van der Waals surface area contributed by atoms with Gasteiger partial charge < -0.3 is 15.3 Å². The molecular formula is C42H77O6Pb. The van der Waals surface area contributed by atoms with E-state index in [1.807, 2.05) is 6.07 Å². The van der Waals surface area contributed by atoms with E-state index < -0.39 is 17.9 Å². The molecule has 1 aromatic carbocycles. The van der Waals surface area contributed by atoms with Crippen LogP contribution in [0, 0.1) is 0 Å². The molecule has 0 aliphatic heterocycles. The second-order valence-corrected chi connectivity index (χ2v) is 15.5. The van der Waals surface area contributed by atoms with Gasteiger partial charge >= 0.3 is 77.1 Å². The number of carbonyl (C=O) groups is 3. The van der Waals surface area contributed by atoms with Gasteiger partial charge in [0.05, 0.1) is 0 Å². The van der Waals surface area contributed by atoms with E-state index in [2.05, 4.69) is 45.0 Å². The molecule has 0 heterocycles. The molecule has 3 radical (unpaired) electrons. The molecule has 0 saturated heterocycles. The van der Waals surface area contributed by atoms with Gasteiger partial charge in [0.1, 0.15) is 0 Å². The zero-order chi connectivity index (χ0) is 37.1. The summed E-state index contributed by atoms with van der Waals surface area (Å²) in [4.78, 5) is 30.6. The second-order valence-electron chi connectivity index (χ2n) is 13.3. The molecular weight excluding hydrogens is 808 g/mol. The normalized spacial score (nSPS) is 10.1. The first-order chi connectivity index (χ1) is 23.7. The third-order valence-corrected chi connectivity index (χ3v) is 9.55. The van der Waals surface area contributed by atoms with Crippen LogP contribution in [0.25, 0.3) is 0 Å². The maximum absolute atomic E-state index is 10.2. The standard InChI is InChI=1S/3C12H24O2.C6H5.Pb/c3*1-2-3-4-5-6-7-8-9-10-11-12(13)14;1-2-4-6-5-3-1;/h3*2-11H2,1H3,(H,13,14);1-5H;. The molecule has 3 N–H and O–H groups in total.